The summed E-state index contributed by atoms with van der Waals surface area (Å²) in [5.41, 5.74) is 1.96. The summed E-state index contributed by atoms with van der Waals surface area (Å²) in [6.07, 6.45) is 7.22. The Morgan fingerprint density at radius 2 is 2.19 bits per heavy atom. The maximum absolute atomic E-state index is 12.7. The SMILES string of the molecule is COC(=O)[C@@]12CCC[C@@H]1CN(C(=O)CCCc1c[nH]c3ccccc13)C2. The van der Waals surface area contributed by atoms with Crippen LogP contribution in [0, 0.1) is 11.3 Å². The molecule has 1 aliphatic heterocycles. The van der Waals surface area contributed by atoms with E-state index < -0.39 is 5.41 Å². The van der Waals surface area contributed by atoms with Crippen molar-refractivity contribution in [2.75, 3.05) is 20.2 Å². The van der Waals surface area contributed by atoms with Gasteiger partial charge in [-0.2, -0.15) is 0 Å². The molecule has 2 aromatic rings. The average molecular weight is 354 g/mol. The topological polar surface area (TPSA) is 62.4 Å². The second kappa shape index (κ2) is 6.78. The lowest BCUT2D eigenvalue weighted by Gasteiger charge is -2.25. The number of rotatable bonds is 5. The Morgan fingerprint density at radius 3 is 3.04 bits per heavy atom. The molecule has 1 aromatic heterocycles. The summed E-state index contributed by atoms with van der Waals surface area (Å²) in [5, 5.41) is 1.24. The van der Waals surface area contributed by atoms with Gasteiger partial charge in [0, 0.05) is 36.6 Å². The minimum atomic E-state index is -0.443. The Morgan fingerprint density at radius 1 is 1.35 bits per heavy atom. The Hall–Kier alpha value is -2.30. The number of H-pyrrole nitrogens is 1. The van der Waals surface area contributed by atoms with Gasteiger partial charge in [-0.25, -0.2) is 0 Å². The fourth-order valence-corrected chi connectivity index (χ4v) is 4.94. The normalized spacial score (nSPS) is 24.8. The van der Waals surface area contributed by atoms with Gasteiger partial charge in [0.05, 0.1) is 12.5 Å². The van der Waals surface area contributed by atoms with Gasteiger partial charge < -0.3 is 14.6 Å². The molecule has 1 saturated carbocycles. The number of amides is 1. The standard InChI is InChI=1S/C21H26N2O3/c1-26-20(25)21-11-5-7-16(21)13-23(14-21)19(24)10-4-6-15-12-22-18-9-3-2-8-17(15)18/h2-3,8-9,12,16,22H,4-7,10-11,13-14H2,1H3/t16-,21-/m1/s1. The van der Waals surface area contributed by atoms with Crippen LogP contribution in [0.2, 0.25) is 0 Å². The summed E-state index contributed by atoms with van der Waals surface area (Å²) in [4.78, 5) is 30.2. The monoisotopic (exact) mass is 354 g/mol. The lowest BCUT2D eigenvalue weighted by atomic mass is 9.81. The summed E-state index contributed by atoms with van der Waals surface area (Å²) >= 11 is 0. The minimum Gasteiger partial charge on any atom is -0.469 e. The van der Waals surface area contributed by atoms with Crippen molar-refractivity contribution in [1.29, 1.82) is 0 Å². The number of esters is 1. The highest BCUT2D eigenvalue weighted by Gasteiger charge is 2.56. The summed E-state index contributed by atoms with van der Waals surface area (Å²) < 4.78 is 5.06. The van der Waals surface area contributed by atoms with Crippen molar-refractivity contribution in [2.24, 2.45) is 11.3 Å². The minimum absolute atomic E-state index is 0.130. The number of nitrogens with one attached hydrogen (secondary N) is 1. The van der Waals surface area contributed by atoms with Crippen LogP contribution in [0.3, 0.4) is 0 Å². The average Bonchev–Trinajstić information content (AvgIpc) is 3.33. The third-order valence-electron chi connectivity index (χ3n) is 6.33. The number of aromatic nitrogens is 1. The summed E-state index contributed by atoms with van der Waals surface area (Å²) in [6.45, 7) is 1.25. The van der Waals surface area contributed by atoms with E-state index in [2.05, 4.69) is 17.1 Å². The lowest BCUT2D eigenvalue weighted by Crippen LogP contribution is -2.38. The smallest absolute Gasteiger partial charge is 0.313 e. The van der Waals surface area contributed by atoms with Crippen molar-refractivity contribution >= 4 is 22.8 Å². The zero-order valence-electron chi connectivity index (χ0n) is 15.3. The molecular formula is C21H26N2O3. The van der Waals surface area contributed by atoms with E-state index in [1.165, 1.54) is 18.1 Å². The van der Waals surface area contributed by atoms with Crippen LogP contribution in [0.15, 0.2) is 30.5 Å². The van der Waals surface area contributed by atoms with E-state index in [-0.39, 0.29) is 17.8 Å². The number of methoxy groups -OCH3 is 1. The first kappa shape index (κ1) is 17.1. The number of carbonyl (C=O) groups excluding carboxylic acids is 2. The van der Waals surface area contributed by atoms with Crippen molar-refractivity contribution in [2.45, 2.75) is 38.5 Å². The van der Waals surface area contributed by atoms with Gasteiger partial charge in [-0.05, 0) is 43.2 Å². The number of carbonyl (C=O) groups is 2. The van der Waals surface area contributed by atoms with Gasteiger partial charge in [-0.1, -0.05) is 24.6 Å². The number of likely N-dealkylation sites (tertiary alicyclic amines) is 1. The number of aromatic amines is 1. The van der Waals surface area contributed by atoms with Gasteiger partial charge in [0.2, 0.25) is 5.91 Å². The second-order valence-electron chi connectivity index (χ2n) is 7.72. The first-order valence-corrected chi connectivity index (χ1v) is 9.55. The van der Waals surface area contributed by atoms with Crippen molar-refractivity contribution < 1.29 is 14.3 Å². The zero-order valence-corrected chi connectivity index (χ0v) is 15.3. The van der Waals surface area contributed by atoms with Crippen LogP contribution in [0.1, 0.15) is 37.7 Å². The number of aryl methyl sites for hydroxylation is 1. The van der Waals surface area contributed by atoms with E-state index in [4.69, 9.17) is 4.74 Å². The van der Waals surface area contributed by atoms with E-state index in [1.807, 2.05) is 23.2 Å². The fourth-order valence-electron chi connectivity index (χ4n) is 4.94. The van der Waals surface area contributed by atoms with Gasteiger partial charge in [0.25, 0.3) is 0 Å². The van der Waals surface area contributed by atoms with Crippen LogP contribution in [0.5, 0.6) is 0 Å². The highest BCUT2D eigenvalue weighted by molar-refractivity contribution is 5.84. The highest BCUT2D eigenvalue weighted by Crippen LogP contribution is 2.49. The molecule has 2 aliphatic rings. The molecule has 5 heteroatoms. The predicted molar refractivity (Wildman–Crippen MR) is 99.6 cm³/mol. The molecule has 1 amide bonds. The molecule has 1 N–H and O–H groups in total. The first-order valence-electron chi connectivity index (χ1n) is 9.55. The van der Waals surface area contributed by atoms with Crippen molar-refractivity contribution in [3.63, 3.8) is 0 Å². The number of para-hydroxylation sites is 1. The van der Waals surface area contributed by atoms with Crippen LogP contribution in [-0.4, -0.2) is 42.0 Å². The molecule has 5 nitrogen and oxygen atoms in total. The van der Waals surface area contributed by atoms with Crippen LogP contribution < -0.4 is 0 Å². The summed E-state index contributed by atoms with van der Waals surface area (Å²) in [6, 6.07) is 8.25. The Balaban J connectivity index is 1.35. The van der Waals surface area contributed by atoms with E-state index in [9.17, 15) is 9.59 Å². The van der Waals surface area contributed by atoms with Gasteiger partial charge in [0.1, 0.15) is 0 Å². The van der Waals surface area contributed by atoms with Crippen LogP contribution in [0.4, 0.5) is 0 Å². The number of hydrogen-bond acceptors (Lipinski definition) is 3. The molecule has 2 atom stereocenters. The number of fused-ring (bicyclic) bond motifs is 2. The number of ether oxygens (including phenoxy) is 1. The van der Waals surface area contributed by atoms with E-state index in [0.29, 0.717) is 19.5 Å². The van der Waals surface area contributed by atoms with Gasteiger partial charge in [-0.3, -0.25) is 9.59 Å². The quantitative estimate of drug-likeness (QED) is 0.838. The van der Waals surface area contributed by atoms with Crippen LogP contribution in [-0.2, 0) is 20.7 Å². The summed E-state index contributed by atoms with van der Waals surface area (Å²) in [7, 11) is 1.46. The van der Waals surface area contributed by atoms with Gasteiger partial charge in [-0.15, -0.1) is 0 Å². The third-order valence-corrected chi connectivity index (χ3v) is 6.33. The van der Waals surface area contributed by atoms with Crippen molar-refractivity contribution in [1.82, 2.24) is 9.88 Å². The molecule has 2 heterocycles. The van der Waals surface area contributed by atoms with Gasteiger partial charge >= 0.3 is 5.97 Å². The van der Waals surface area contributed by atoms with Crippen molar-refractivity contribution in [3.05, 3.63) is 36.0 Å². The second-order valence-corrected chi connectivity index (χ2v) is 7.72. The fraction of sp³-hybridized carbons (Fsp3) is 0.524. The molecule has 2 fully saturated rings. The van der Waals surface area contributed by atoms with E-state index >= 15 is 0 Å². The number of hydrogen-bond donors (Lipinski definition) is 1. The molecule has 138 valence electrons. The van der Waals surface area contributed by atoms with E-state index in [1.54, 1.807) is 0 Å². The molecule has 1 aliphatic carbocycles. The molecule has 0 bridgehead atoms. The molecule has 0 unspecified atom stereocenters. The predicted octanol–water partition coefficient (Wildman–Crippen LogP) is 3.29. The number of benzene rings is 1. The number of nitrogens with zero attached hydrogens (tertiary/aromatic N) is 1. The zero-order chi connectivity index (χ0) is 18.1. The molecule has 26 heavy (non-hydrogen) atoms. The molecular weight excluding hydrogens is 328 g/mol. The Labute approximate surface area is 153 Å². The molecule has 1 saturated heterocycles. The largest absolute Gasteiger partial charge is 0.469 e. The Kier molecular flexibility index (Phi) is 4.47. The first-order chi connectivity index (χ1) is 12.6. The molecule has 0 radical (unpaired) electrons. The maximum Gasteiger partial charge on any atom is 0.313 e. The maximum atomic E-state index is 12.7. The van der Waals surface area contributed by atoms with E-state index in [0.717, 1.165) is 37.6 Å². The van der Waals surface area contributed by atoms with Crippen LogP contribution in [0.25, 0.3) is 10.9 Å². The summed E-state index contributed by atoms with van der Waals surface area (Å²) in [5.74, 6) is 0.309. The Bertz CT molecular complexity index is 828. The lowest BCUT2D eigenvalue weighted by molar-refractivity contribution is -0.153. The molecule has 4 rings (SSSR count). The van der Waals surface area contributed by atoms with Crippen molar-refractivity contribution in [3.8, 4) is 0 Å². The van der Waals surface area contributed by atoms with Gasteiger partial charge in [0.15, 0.2) is 0 Å². The third kappa shape index (κ3) is 2.79. The molecule has 1 aromatic carbocycles. The van der Waals surface area contributed by atoms with Crippen LogP contribution >= 0.6 is 0 Å². The highest BCUT2D eigenvalue weighted by atomic mass is 16.5. The molecule has 0 spiro atoms.